The first-order valence-corrected chi connectivity index (χ1v) is 10.6. The molecule has 0 bridgehead atoms. The fourth-order valence-electron chi connectivity index (χ4n) is 2.82. The van der Waals surface area contributed by atoms with Gasteiger partial charge in [0.25, 0.3) is 0 Å². The molecule has 16 heteroatoms. The van der Waals surface area contributed by atoms with Crippen LogP contribution in [-0.2, 0) is 16.3 Å². The van der Waals surface area contributed by atoms with E-state index in [0.717, 1.165) is 11.0 Å². The lowest BCUT2D eigenvalue weighted by Crippen LogP contribution is -2.28. The Hall–Kier alpha value is -3.36. The molecule has 1 amide bonds. The third-order valence-corrected chi connectivity index (χ3v) is 4.22. The number of nitrogens with zero attached hydrogens (tertiary/aromatic N) is 6. The number of aryl methyl sites for hydroxylation is 1. The first-order chi connectivity index (χ1) is 15.4. The van der Waals surface area contributed by atoms with Crippen LogP contribution in [-0.4, -0.2) is 70.1 Å². The molecule has 13 nitrogen and oxygen atoms in total. The van der Waals surface area contributed by atoms with Crippen LogP contribution in [0.3, 0.4) is 0 Å². The van der Waals surface area contributed by atoms with E-state index >= 15 is 0 Å². The maximum atomic E-state index is 14.6. The smallest absolute Gasteiger partial charge is 0.438 e. The summed E-state index contributed by atoms with van der Waals surface area (Å²) in [6.07, 6.45) is -2.98. The first kappa shape index (κ1) is 24.3. The summed E-state index contributed by atoms with van der Waals surface area (Å²) in [4.78, 5) is 40.0. The molecule has 0 saturated carbocycles. The number of ether oxygens (including phenoxy) is 1. The number of hydrogen-bond donors (Lipinski definition) is 4. The molecule has 2 unspecified atom stereocenters. The predicted octanol–water partition coefficient (Wildman–Crippen LogP) is 0.763. The maximum absolute atomic E-state index is 14.6. The number of amides is 1. The highest BCUT2D eigenvalue weighted by Crippen LogP contribution is 2.30. The summed E-state index contributed by atoms with van der Waals surface area (Å²) >= 11 is 0. The van der Waals surface area contributed by atoms with E-state index in [1.54, 1.807) is 19.2 Å². The first-order valence-electron chi connectivity index (χ1n) is 9.01. The van der Waals surface area contributed by atoms with Gasteiger partial charge in [-0.25, -0.2) is 18.1 Å². The number of alkyl halides is 1. The van der Waals surface area contributed by atoms with Gasteiger partial charge in [-0.15, -0.1) is 10.2 Å². The Morgan fingerprint density at radius 1 is 1.24 bits per heavy atom. The van der Waals surface area contributed by atoms with Crippen LogP contribution in [0.15, 0.2) is 36.5 Å². The summed E-state index contributed by atoms with van der Waals surface area (Å²) in [5.74, 6) is -0.247. The molecule has 33 heavy (non-hydrogen) atoms. The molecule has 3 heterocycles. The number of aliphatic hydroxyl groups is 1. The Balaban J connectivity index is 0.000000555. The average molecular weight is 486 g/mol. The number of carbonyl (C=O) groups is 1. The van der Waals surface area contributed by atoms with Crippen LogP contribution in [0, 0.1) is 5.82 Å². The lowest BCUT2D eigenvalue weighted by molar-refractivity contribution is -0.0503. The van der Waals surface area contributed by atoms with Crippen molar-refractivity contribution in [2.24, 2.45) is 7.05 Å². The maximum Gasteiger partial charge on any atom is 0.466 e. The number of cyclic esters (lactones) is 1. The second kappa shape index (κ2) is 9.64. The molecule has 3 aromatic rings. The van der Waals surface area contributed by atoms with Crippen molar-refractivity contribution in [3.63, 3.8) is 0 Å². The molecular weight excluding hydrogens is 469 g/mol. The normalized spacial score (nSPS) is 16.8. The Bertz CT molecular complexity index is 1180. The fraction of sp³-hybridized carbons (Fsp3) is 0.235. The zero-order valence-electron chi connectivity index (χ0n) is 16.7. The van der Waals surface area contributed by atoms with Gasteiger partial charge in [0.05, 0.1) is 19.3 Å². The summed E-state index contributed by atoms with van der Waals surface area (Å²) in [5, 5.41) is 20.6. The number of hydrogen-bond acceptors (Lipinski definition) is 8. The van der Waals surface area contributed by atoms with Crippen LogP contribution in [0.4, 0.5) is 19.3 Å². The van der Waals surface area contributed by atoms with Gasteiger partial charge in [0.1, 0.15) is 11.5 Å². The number of phosphoric acid groups is 1. The topological polar surface area (TPSA) is 184 Å². The molecule has 1 saturated heterocycles. The number of pyridine rings is 1. The van der Waals surface area contributed by atoms with Gasteiger partial charge < -0.3 is 24.5 Å². The van der Waals surface area contributed by atoms with Gasteiger partial charge in [0.15, 0.2) is 6.10 Å². The number of carbonyl (C=O) groups excluding carboxylic acids is 1. The predicted molar refractivity (Wildman–Crippen MR) is 106 cm³/mol. The van der Waals surface area contributed by atoms with Gasteiger partial charge >= 0.3 is 13.9 Å². The molecule has 176 valence electrons. The molecular formula is C17H17F2N6O7P. The number of benzene rings is 1. The van der Waals surface area contributed by atoms with Crippen LogP contribution in [0.1, 0.15) is 0 Å². The number of aliphatic hydroxyl groups excluding tert-OH is 1. The van der Waals surface area contributed by atoms with Crippen LogP contribution in [0.5, 0.6) is 0 Å². The standard InChI is InChI=1S/C17H14F2N6O3.H3O4P/c1-24-22-16(21-23-24)13-5-2-9(7-20-13)11-4-3-10(6-12(11)18)25-8-14(15(19)26)28-17(25)27;1-5(2,3)4/h2-7,14-15,26H,8H2,1H3;(H3,1,2,3,4). The van der Waals surface area contributed by atoms with Gasteiger partial charge in [-0.05, 0) is 29.5 Å². The summed E-state index contributed by atoms with van der Waals surface area (Å²) in [5.41, 5.74) is 1.47. The van der Waals surface area contributed by atoms with Crippen molar-refractivity contribution in [2.75, 3.05) is 11.4 Å². The lowest BCUT2D eigenvalue weighted by atomic mass is 10.1. The van der Waals surface area contributed by atoms with E-state index in [9.17, 15) is 13.6 Å². The number of rotatable bonds is 4. The minimum Gasteiger partial charge on any atom is -0.438 e. The SMILES string of the molecule is Cn1nnc(-c2ccc(-c3ccc(N4CC(C(O)F)OC4=O)cc3F)cn2)n1.O=P(O)(O)O. The van der Waals surface area contributed by atoms with E-state index < -0.39 is 32.2 Å². The minimum absolute atomic E-state index is 0.197. The minimum atomic E-state index is -4.64. The highest BCUT2D eigenvalue weighted by molar-refractivity contribution is 7.45. The lowest BCUT2D eigenvalue weighted by Gasteiger charge is -2.14. The monoisotopic (exact) mass is 486 g/mol. The second-order valence-electron chi connectivity index (χ2n) is 6.62. The van der Waals surface area contributed by atoms with Crippen molar-refractivity contribution in [1.82, 2.24) is 25.2 Å². The molecule has 4 N–H and O–H groups in total. The molecule has 2 atom stereocenters. The third-order valence-electron chi connectivity index (χ3n) is 4.22. The molecule has 2 aromatic heterocycles. The Kier molecular flexibility index (Phi) is 7.09. The third kappa shape index (κ3) is 6.34. The zero-order chi connectivity index (χ0) is 24.3. The van der Waals surface area contributed by atoms with Crippen LogP contribution in [0.2, 0.25) is 0 Å². The summed E-state index contributed by atoms with van der Waals surface area (Å²) < 4.78 is 41.2. The van der Waals surface area contributed by atoms with Gasteiger partial charge in [-0.3, -0.25) is 9.88 Å². The van der Waals surface area contributed by atoms with Crippen molar-refractivity contribution in [3.05, 3.63) is 42.3 Å². The Labute approximate surface area is 184 Å². The Morgan fingerprint density at radius 3 is 2.42 bits per heavy atom. The van der Waals surface area contributed by atoms with Crippen molar-refractivity contribution in [3.8, 4) is 22.6 Å². The molecule has 1 aliphatic rings. The highest BCUT2D eigenvalue weighted by atomic mass is 31.2. The zero-order valence-corrected chi connectivity index (χ0v) is 17.6. The summed E-state index contributed by atoms with van der Waals surface area (Å²) in [6.45, 7) is -0.212. The molecule has 0 aliphatic carbocycles. The summed E-state index contributed by atoms with van der Waals surface area (Å²) in [7, 11) is -3.01. The number of halogens is 2. The quantitative estimate of drug-likeness (QED) is 0.382. The van der Waals surface area contributed by atoms with Crippen molar-refractivity contribution in [1.29, 1.82) is 0 Å². The van der Waals surface area contributed by atoms with E-state index in [2.05, 4.69) is 20.4 Å². The highest BCUT2D eigenvalue weighted by Gasteiger charge is 2.37. The Morgan fingerprint density at radius 2 is 1.94 bits per heavy atom. The van der Waals surface area contributed by atoms with Crippen molar-refractivity contribution in [2.45, 2.75) is 12.5 Å². The molecule has 1 fully saturated rings. The van der Waals surface area contributed by atoms with E-state index in [-0.39, 0.29) is 17.8 Å². The van der Waals surface area contributed by atoms with Crippen molar-refractivity contribution < 1.29 is 42.7 Å². The van der Waals surface area contributed by atoms with Gasteiger partial charge in [0.2, 0.25) is 12.2 Å². The van der Waals surface area contributed by atoms with Crippen LogP contribution >= 0.6 is 7.82 Å². The van der Waals surface area contributed by atoms with E-state index in [4.69, 9.17) is 29.1 Å². The average Bonchev–Trinajstić information content (AvgIpc) is 3.33. The van der Waals surface area contributed by atoms with Crippen LogP contribution in [0.25, 0.3) is 22.6 Å². The molecule has 0 spiro atoms. The summed E-state index contributed by atoms with van der Waals surface area (Å²) in [6, 6.07) is 7.43. The second-order valence-corrected chi connectivity index (χ2v) is 7.64. The van der Waals surface area contributed by atoms with Gasteiger partial charge in [-0.1, -0.05) is 6.07 Å². The molecule has 4 rings (SSSR count). The van der Waals surface area contributed by atoms with E-state index in [1.165, 1.54) is 23.1 Å². The number of anilines is 1. The van der Waals surface area contributed by atoms with Gasteiger partial charge in [0, 0.05) is 17.3 Å². The largest absolute Gasteiger partial charge is 0.466 e. The fourth-order valence-corrected chi connectivity index (χ4v) is 2.82. The molecule has 1 aliphatic heterocycles. The van der Waals surface area contributed by atoms with Gasteiger partial charge in [-0.2, -0.15) is 4.80 Å². The van der Waals surface area contributed by atoms with E-state index in [0.29, 0.717) is 17.1 Å². The molecule has 1 aromatic carbocycles. The molecule has 0 radical (unpaired) electrons. The van der Waals surface area contributed by atoms with Crippen LogP contribution < -0.4 is 4.90 Å². The number of tetrazole rings is 1. The van der Waals surface area contributed by atoms with Crippen molar-refractivity contribution >= 4 is 19.6 Å². The van der Waals surface area contributed by atoms with E-state index in [1.807, 2.05) is 0 Å². The number of aromatic nitrogens is 5.